The van der Waals surface area contributed by atoms with E-state index in [1.165, 1.54) is 0 Å². The van der Waals surface area contributed by atoms with Gasteiger partial charge in [-0.05, 0) is 0 Å². The molecule has 0 bridgehead atoms. The standard InChI is InChI=1S/C10H16N2O8.CH2O/c13-6(14)1-10(2-7(15)16,12-4-9(19)20)5-11-3-8(17)18;1-2/h11-12H,1-5H2,(H,13,14)(H,15,16)(H,17,18)(H,19,20);1H2. The molecule has 0 radical (unpaired) electrons. The Labute approximate surface area is 124 Å². The van der Waals surface area contributed by atoms with E-state index >= 15 is 0 Å². The van der Waals surface area contributed by atoms with Crippen LogP contribution in [0.25, 0.3) is 0 Å². The zero-order chi connectivity index (χ0) is 17.8. The monoisotopic (exact) mass is 322 g/mol. The molecule has 126 valence electrons. The Morgan fingerprint density at radius 2 is 1.18 bits per heavy atom. The minimum atomic E-state index is -1.59. The van der Waals surface area contributed by atoms with Gasteiger partial charge in [-0.25, -0.2) is 0 Å². The lowest BCUT2D eigenvalue weighted by Crippen LogP contribution is -2.56. The summed E-state index contributed by atoms with van der Waals surface area (Å²) in [6.07, 6.45) is -1.33. The van der Waals surface area contributed by atoms with Crippen molar-refractivity contribution >= 4 is 30.7 Å². The van der Waals surface area contributed by atoms with Crippen LogP contribution in [0.4, 0.5) is 0 Å². The molecule has 0 spiro atoms. The number of aliphatic carboxylic acids is 4. The number of carboxylic acids is 4. The molecule has 0 aromatic carbocycles. The molecule has 0 aliphatic heterocycles. The largest absolute Gasteiger partial charge is 0.481 e. The third kappa shape index (κ3) is 11.3. The van der Waals surface area contributed by atoms with Crippen molar-refractivity contribution in [1.29, 1.82) is 0 Å². The van der Waals surface area contributed by atoms with E-state index in [1.54, 1.807) is 0 Å². The van der Waals surface area contributed by atoms with Crippen LogP contribution in [-0.2, 0) is 24.0 Å². The molecule has 0 atom stereocenters. The Hall–Kier alpha value is -2.53. The summed E-state index contributed by atoms with van der Waals surface area (Å²) in [7, 11) is 0. The topological polar surface area (TPSA) is 190 Å². The van der Waals surface area contributed by atoms with Crippen LogP contribution in [0.5, 0.6) is 0 Å². The van der Waals surface area contributed by atoms with Gasteiger partial charge in [-0.15, -0.1) is 0 Å². The number of rotatable bonds is 11. The Morgan fingerprint density at radius 1 is 0.773 bits per heavy atom. The molecular weight excluding hydrogens is 304 g/mol. The van der Waals surface area contributed by atoms with Crippen LogP contribution in [0.3, 0.4) is 0 Å². The highest BCUT2D eigenvalue weighted by atomic mass is 16.4. The summed E-state index contributed by atoms with van der Waals surface area (Å²) in [6, 6.07) is 0. The zero-order valence-corrected chi connectivity index (χ0v) is 11.6. The van der Waals surface area contributed by atoms with E-state index in [0.29, 0.717) is 0 Å². The van der Waals surface area contributed by atoms with Crippen molar-refractivity contribution in [2.45, 2.75) is 18.4 Å². The number of nitrogens with one attached hydrogen (secondary N) is 2. The Kier molecular flexibility index (Phi) is 11.0. The van der Waals surface area contributed by atoms with Crippen molar-refractivity contribution in [3.63, 3.8) is 0 Å². The van der Waals surface area contributed by atoms with Gasteiger partial charge < -0.3 is 30.5 Å². The third-order valence-corrected chi connectivity index (χ3v) is 2.33. The summed E-state index contributed by atoms with van der Waals surface area (Å²) in [6.45, 7) is 0.538. The van der Waals surface area contributed by atoms with E-state index in [-0.39, 0.29) is 6.54 Å². The fourth-order valence-electron chi connectivity index (χ4n) is 1.63. The average molecular weight is 322 g/mol. The maximum atomic E-state index is 10.8. The Balaban J connectivity index is 0. The molecule has 11 nitrogen and oxygen atoms in total. The lowest BCUT2D eigenvalue weighted by molar-refractivity contribution is -0.144. The average Bonchev–Trinajstić information content (AvgIpc) is 2.36. The van der Waals surface area contributed by atoms with Crippen LogP contribution in [0, 0.1) is 0 Å². The first kappa shape index (κ1) is 21.8. The zero-order valence-electron chi connectivity index (χ0n) is 11.6. The number of hydrogen-bond acceptors (Lipinski definition) is 7. The summed E-state index contributed by atoms with van der Waals surface area (Å²) in [5.41, 5.74) is -1.59. The van der Waals surface area contributed by atoms with Crippen LogP contribution in [-0.4, -0.2) is 76.3 Å². The number of carboxylic acid groups (broad SMARTS) is 4. The van der Waals surface area contributed by atoms with Crippen LogP contribution in [0.1, 0.15) is 12.8 Å². The van der Waals surface area contributed by atoms with Crippen molar-refractivity contribution in [3.8, 4) is 0 Å². The number of hydrogen-bond donors (Lipinski definition) is 6. The van der Waals surface area contributed by atoms with E-state index in [1.807, 2.05) is 6.79 Å². The van der Waals surface area contributed by atoms with Gasteiger partial charge in [0.15, 0.2) is 0 Å². The molecule has 0 rings (SSSR count). The molecule has 0 saturated carbocycles. The fraction of sp³-hybridized carbons (Fsp3) is 0.545. The molecule has 0 fully saturated rings. The second-order valence-corrected chi connectivity index (χ2v) is 4.17. The molecular formula is C11H18N2O9. The minimum absolute atomic E-state index is 0.314. The molecule has 0 aliphatic rings. The van der Waals surface area contributed by atoms with Gasteiger partial charge in [0, 0.05) is 6.54 Å². The smallest absolute Gasteiger partial charge is 0.317 e. The van der Waals surface area contributed by atoms with Gasteiger partial charge in [-0.2, -0.15) is 0 Å². The lowest BCUT2D eigenvalue weighted by atomic mass is 9.90. The van der Waals surface area contributed by atoms with Gasteiger partial charge in [0.2, 0.25) is 0 Å². The molecule has 11 heteroatoms. The van der Waals surface area contributed by atoms with Gasteiger partial charge >= 0.3 is 23.9 Å². The van der Waals surface area contributed by atoms with Crippen molar-refractivity contribution in [3.05, 3.63) is 0 Å². The van der Waals surface area contributed by atoms with Gasteiger partial charge in [-0.1, -0.05) is 0 Å². The van der Waals surface area contributed by atoms with E-state index in [4.69, 9.17) is 25.2 Å². The summed E-state index contributed by atoms with van der Waals surface area (Å²) in [4.78, 5) is 50.5. The van der Waals surface area contributed by atoms with E-state index < -0.39 is 55.3 Å². The fourth-order valence-corrected chi connectivity index (χ4v) is 1.63. The van der Waals surface area contributed by atoms with E-state index in [2.05, 4.69) is 10.6 Å². The maximum absolute atomic E-state index is 10.8. The second kappa shape index (κ2) is 11.2. The highest BCUT2D eigenvalue weighted by molar-refractivity contribution is 5.74. The third-order valence-electron chi connectivity index (χ3n) is 2.33. The molecule has 0 unspecified atom stereocenters. The molecule has 0 amide bonds. The minimum Gasteiger partial charge on any atom is -0.481 e. The molecule has 0 aliphatic carbocycles. The summed E-state index contributed by atoms with van der Waals surface area (Å²) in [5, 5.41) is 39.4. The van der Waals surface area contributed by atoms with Crippen molar-refractivity contribution in [1.82, 2.24) is 10.6 Å². The second-order valence-electron chi connectivity index (χ2n) is 4.17. The Bertz CT molecular complexity index is 394. The molecule has 6 N–H and O–H groups in total. The molecule has 0 aromatic rings. The highest BCUT2D eigenvalue weighted by Gasteiger charge is 2.35. The van der Waals surface area contributed by atoms with Crippen molar-refractivity contribution in [2.24, 2.45) is 0 Å². The highest BCUT2D eigenvalue weighted by Crippen LogP contribution is 2.15. The summed E-state index contributed by atoms with van der Waals surface area (Å²) >= 11 is 0. The van der Waals surface area contributed by atoms with Gasteiger partial charge in [0.25, 0.3) is 0 Å². The predicted octanol–water partition coefficient (Wildman–Crippen LogP) is -2.16. The normalized spacial score (nSPS) is 10.2. The SMILES string of the molecule is C=O.O=C(O)CNCC(CC(=O)O)(CC(=O)O)NCC(=O)O. The number of carbonyl (C=O) groups excluding carboxylic acids is 1. The molecule has 0 heterocycles. The maximum Gasteiger partial charge on any atom is 0.317 e. The molecule has 0 saturated heterocycles. The lowest BCUT2D eigenvalue weighted by Gasteiger charge is -2.31. The molecule has 0 aromatic heterocycles. The molecule has 22 heavy (non-hydrogen) atoms. The van der Waals surface area contributed by atoms with Crippen LogP contribution < -0.4 is 10.6 Å². The summed E-state index contributed by atoms with van der Waals surface area (Å²) < 4.78 is 0. The van der Waals surface area contributed by atoms with Crippen LogP contribution >= 0.6 is 0 Å². The quantitative estimate of drug-likeness (QED) is 0.243. The van der Waals surface area contributed by atoms with Crippen LogP contribution in [0.2, 0.25) is 0 Å². The number of carbonyl (C=O) groups is 5. The van der Waals surface area contributed by atoms with Gasteiger partial charge in [-0.3, -0.25) is 24.5 Å². The first-order valence-electron chi connectivity index (χ1n) is 5.79. The van der Waals surface area contributed by atoms with Crippen LogP contribution in [0.15, 0.2) is 0 Å². The van der Waals surface area contributed by atoms with Gasteiger partial charge in [0.1, 0.15) is 6.79 Å². The first-order chi connectivity index (χ1) is 10.2. The first-order valence-corrected chi connectivity index (χ1v) is 5.79. The van der Waals surface area contributed by atoms with E-state index in [0.717, 1.165) is 0 Å². The van der Waals surface area contributed by atoms with E-state index in [9.17, 15) is 19.2 Å². The van der Waals surface area contributed by atoms with Crippen molar-refractivity contribution in [2.75, 3.05) is 19.6 Å². The Morgan fingerprint density at radius 3 is 1.50 bits per heavy atom. The van der Waals surface area contributed by atoms with Crippen molar-refractivity contribution < 1.29 is 44.4 Å². The van der Waals surface area contributed by atoms with Gasteiger partial charge in [0.05, 0.1) is 31.5 Å². The predicted molar refractivity (Wildman–Crippen MR) is 70.5 cm³/mol. The summed E-state index contributed by atoms with van der Waals surface area (Å²) in [5.74, 6) is -5.16.